The molecule has 0 aliphatic heterocycles. The van der Waals surface area contributed by atoms with Crippen LogP contribution in [0.25, 0.3) is 0 Å². The van der Waals surface area contributed by atoms with Gasteiger partial charge in [-0.3, -0.25) is 16.3 Å². The van der Waals surface area contributed by atoms with Gasteiger partial charge in [-0.1, -0.05) is 26.8 Å². The topological polar surface area (TPSA) is 54.2 Å². The first kappa shape index (κ1) is 17.1. The smallest absolute Gasteiger partial charge is 0.0449 e. The maximum Gasteiger partial charge on any atom is 0.0449 e. The Labute approximate surface area is 123 Å². The molecule has 1 aromatic rings. The number of nitrogens with two attached hydrogens (primary N) is 1. The molecular formula is C16H30N4. The Bertz CT molecular complexity index is 382. The molecule has 0 aliphatic carbocycles. The van der Waals surface area contributed by atoms with Gasteiger partial charge in [0.05, 0.1) is 0 Å². The molecule has 0 saturated heterocycles. The normalized spacial score (nSPS) is 13.8. The molecule has 0 bridgehead atoms. The summed E-state index contributed by atoms with van der Waals surface area (Å²) in [5.41, 5.74) is 5.45. The van der Waals surface area contributed by atoms with Crippen LogP contribution in [0.1, 0.15) is 44.9 Å². The molecule has 20 heavy (non-hydrogen) atoms. The molecule has 1 heterocycles. The lowest BCUT2D eigenvalue weighted by Crippen LogP contribution is -2.61. The highest BCUT2D eigenvalue weighted by molar-refractivity contribution is 5.16. The largest absolute Gasteiger partial charge is 0.302 e. The Morgan fingerprint density at radius 2 is 1.90 bits per heavy atom. The van der Waals surface area contributed by atoms with E-state index in [0.717, 1.165) is 31.4 Å². The summed E-state index contributed by atoms with van der Waals surface area (Å²) in [4.78, 5) is 6.85. The summed E-state index contributed by atoms with van der Waals surface area (Å²) in [6, 6.07) is 4.47. The molecule has 0 spiro atoms. The third-order valence-electron chi connectivity index (χ3n) is 4.67. The number of pyridine rings is 1. The minimum absolute atomic E-state index is 0.0554. The number of hydrogen-bond donors (Lipinski definition) is 2. The SMILES string of the molecule is CCc1ccc(CC(NN)C(CC)(CC)N(C)C)nc1. The number of hydrazine groups is 1. The zero-order chi connectivity index (χ0) is 15.2. The predicted octanol–water partition coefficient (Wildman–Crippen LogP) is 2.14. The average Bonchev–Trinajstić information content (AvgIpc) is 2.48. The molecule has 1 atom stereocenters. The summed E-state index contributed by atoms with van der Waals surface area (Å²) >= 11 is 0. The van der Waals surface area contributed by atoms with Crippen LogP contribution in [0, 0.1) is 0 Å². The summed E-state index contributed by atoms with van der Waals surface area (Å²) in [5.74, 6) is 5.85. The van der Waals surface area contributed by atoms with E-state index in [1.54, 1.807) is 0 Å². The molecule has 1 aromatic heterocycles. The van der Waals surface area contributed by atoms with E-state index in [2.05, 4.69) is 62.3 Å². The summed E-state index contributed by atoms with van der Waals surface area (Å²) in [6.45, 7) is 6.59. The molecule has 0 saturated carbocycles. The van der Waals surface area contributed by atoms with Crippen molar-refractivity contribution in [1.82, 2.24) is 15.3 Å². The van der Waals surface area contributed by atoms with Gasteiger partial charge in [0.25, 0.3) is 0 Å². The number of nitrogens with one attached hydrogen (secondary N) is 1. The molecule has 114 valence electrons. The van der Waals surface area contributed by atoms with Gasteiger partial charge >= 0.3 is 0 Å². The monoisotopic (exact) mass is 278 g/mol. The Hall–Kier alpha value is -0.970. The van der Waals surface area contributed by atoms with Gasteiger partial charge in [-0.15, -0.1) is 0 Å². The molecule has 0 aliphatic rings. The van der Waals surface area contributed by atoms with Gasteiger partial charge in [-0.05, 0) is 45.0 Å². The van der Waals surface area contributed by atoms with Crippen LogP contribution < -0.4 is 11.3 Å². The Kier molecular flexibility index (Phi) is 6.59. The number of aromatic nitrogens is 1. The number of nitrogens with zero attached hydrogens (tertiary/aromatic N) is 2. The summed E-state index contributed by atoms with van der Waals surface area (Å²) in [7, 11) is 4.26. The van der Waals surface area contributed by atoms with E-state index >= 15 is 0 Å². The minimum Gasteiger partial charge on any atom is -0.302 e. The minimum atomic E-state index is 0.0554. The van der Waals surface area contributed by atoms with E-state index in [9.17, 15) is 0 Å². The lowest BCUT2D eigenvalue weighted by molar-refractivity contribution is 0.0878. The average molecular weight is 278 g/mol. The second kappa shape index (κ2) is 7.72. The van der Waals surface area contributed by atoms with Crippen LogP contribution in [0.15, 0.2) is 18.3 Å². The van der Waals surface area contributed by atoms with E-state index in [1.165, 1.54) is 5.56 Å². The van der Waals surface area contributed by atoms with Crippen molar-refractivity contribution in [3.63, 3.8) is 0 Å². The Morgan fingerprint density at radius 3 is 2.25 bits per heavy atom. The van der Waals surface area contributed by atoms with Crippen LogP contribution in [0.3, 0.4) is 0 Å². The van der Waals surface area contributed by atoms with Gasteiger partial charge in [-0.2, -0.15) is 0 Å². The first-order chi connectivity index (χ1) is 9.53. The fourth-order valence-electron chi connectivity index (χ4n) is 3.09. The van der Waals surface area contributed by atoms with Crippen molar-refractivity contribution in [2.75, 3.05) is 14.1 Å². The summed E-state index contributed by atoms with van der Waals surface area (Å²) in [5, 5.41) is 0. The van der Waals surface area contributed by atoms with Gasteiger partial charge in [0, 0.05) is 29.9 Å². The fourth-order valence-corrected chi connectivity index (χ4v) is 3.09. The lowest BCUT2D eigenvalue weighted by atomic mass is 9.81. The number of aryl methyl sites for hydroxylation is 1. The van der Waals surface area contributed by atoms with Crippen LogP contribution in [0.2, 0.25) is 0 Å². The maximum absolute atomic E-state index is 5.85. The van der Waals surface area contributed by atoms with Crippen LogP contribution in [-0.4, -0.2) is 35.6 Å². The molecular weight excluding hydrogens is 248 g/mol. The standard InChI is InChI=1S/C16H30N4/c1-6-13-9-10-14(18-12-13)11-15(19-17)16(7-2,8-3)20(4)5/h9-10,12,15,19H,6-8,11,17H2,1-5H3. The van der Waals surface area contributed by atoms with E-state index in [4.69, 9.17) is 5.84 Å². The van der Waals surface area contributed by atoms with Crippen LogP contribution >= 0.6 is 0 Å². The quantitative estimate of drug-likeness (QED) is 0.565. The zero-order valence-electron chi connectivity index (χ0n) is 13.6. The van der Waals surface area contributed by atoms with E-state index in [-0.39, 0.29) is 11.6 Å². The summed E-state index contributed by atoms with van der Waals surface area (Å²) in [6.07, 6.45) is 5.95. The molecule has 0 amide bonds. The first-order valence-corrected chi connectivity index (χ1v) is 7.61. The van der Waals surface area contributed by atoms with Gasteiger partial charge in [0.15, 0.2) is 0 Å². The molecule has 3 N–H and O–H groups in total. The van der Waals surface area contributed by atoms with Crippen LogP contribution in [-0.2, 0) is 12.8 Å². The van der Waals surface area contributed by atoms with Crippen molar-refractivity contribution in [1.29, 1.82) is 0 Å². The lowest BCUT2D eigenvalue weighted by Gasteiger charge is -2.44. The van der Waals surface area contributed by atoms with Gasteiger partial charge in [0.2, 0.25) is 0 Å². The fraction of sp³-hybridized carbons (Fsp3) is 0.688. The van der Waals surface area contributed by atoms with Crippen LogP contribution in [0.5, 0.6) is 0 Å². The van der Waals surface area contributed by atoms with Crippen molar-refractivity contribution in [3.05, 3.63) is 29.6 Å². The van der Waals surface area contributed by atoms with Gasteiger partial charge in [0.1, 0.15) is 0 Å². The van der Waals surface area contributed by atoms with E-state index in [1.807, 2.05) is 6.20 Å². The third-order valence-corrected chi connectivity index (χ3v) is 4.67. The first-order valence-electron chi connectivity index (χ1n) is 7.61. The Morgan fingerprint density at radius 1 is 1.25 bits per heavy atom. The molecule has 4 nitrogen and oxygen atoms in total. The van der Waals surface area contributed by atoms with E-state index < -0.39 is 0 Å². The van der Waals surface area contributed by atoms with Gasteiger partial charge in [-0.25, -0.2) is 0 Å². The molecule has 0 radical (unpaired) electrons. The highest BCUT2D eigenvalue weighted by atomic mass is 15.3. The highest BCUT2D eigenvalue weighted by Gasteiger charge is 2.37. The number of rotatable bonds is 8. The highest BCUT2D eigenvalue weighted by Crippen LogP contribution is 2.27. The number of hydrogen-bond acceptors (Lipinski definition) is 4. The van der Waals surface area contributed by atoms with Crippen LogP contribution in [0.4, 0.5) is 0 Å². The second-order valence-electron chi connectivity index (χ2n) is 5.64. The van der Waals surface area contributed by atoms with Crippen molar-refractivity contribution in [3.8, 4) is 0 Å². The van der Waals surface area contributed by atoms with Gasteiger partial charge < -0.3 is 4.90 Å². The summed E-state index contributed by atoms with van der Waals surface area (Å²) < 4.78 is 0. The third kappa shape index (κ3) is 3.57. The molecule has 0 fully saturated rings. The zero-order valence-corrected chi connectivity index (χ0v) is 13.6. The Balaban J connectivity index is 2.93. The van der Waals surface area contributed by atoms with Crippen molar-refractivity contribution in [2.24, 2.45) is 5.84 Å². The molecule has 1 unspecified atom stereocenters. The molecule has 4 heteroatoms. The van der Waals surface area contributed by atoms with E-state index in [0.29, 0.717) is 0 Å². The second-order valence-corrected chi connectivity index (χ2v) is 5.64. The molecule has 0 aromatic carbocycles. The predicted molar refractivity (Wildman–Crippen MR) is 85.4 cm³/mol. The number of likely N-dealkylation sites (N-methyl/N-ethyl adjacent to an activating group) is 1. The van der Waals surface area contributed by atoms with Crippen molar-refractivity contribution < 1.29 is 0 Å². The van der Waals surface area contributed by atoms with Crippen molar-refractivity contribution >= 4 is 0 Å². The van der Waals surface area contributed by atoms with Crippen molar-refractivity contribution in [2.45, 2.75) is 58.0 Å². The maximum atomic E-state index is 5.85. The molecule has 1 rings (SSSR count).